The predicted octanol–water partition coefficient (Wildman–Crippen LogP) is 4.47. The van der Waals surface area contributed by atoms with Crippen LogP contribution in [-0.4, -0.2) is 43.8 Å². The van der Waals surface area contributed by atoms with Crippen LogP contribution in [0.4, 0.5) is 5.69 Å². The Morgan fingerprint density at radius 3 is 2.61 bits per heavy atom. The number of rotatable bonds is 7. The summed E-state index contributed by atoms with van der Waals surface area (Å²) in [5.41, 5.74) is 0.921. The fraction of sp³-hybridized carbons (Fsp3) is 0.391. The molecule has 1 aromatic carbocycles. The number of aromatic nitrogens is 1. The van der Waals surface area contributed by atoms with Gasteiger partial charge in [0.15, 0.2) is 10.8 Å². The minimum absolute atomic E-state index is 0.0441. The van der Waals surface area contributed by atoms with E-state index in [4.69, 9.17) is 9.15 Å². The van der Waals surface area contributed by atoms with E-state index in [1.807, 2.05) is 24.4 Å². The second-order valence-electron chi connectivity index (χ2n) is 7.96. The summed E-state index contributed by atoms with van der Waals surface area (Å²) >= 11 is 1.40. The number of thiazole rings is 1. The molecular weight excluding hydrogens is 462 g/mol. The standard InChI is InChI=1S/C23H27N3O5S2/c1-16-7-9-21(31-16)23-24-17(15-32-23)13-22(27)25-19-14-18(8-10-20(19)30-2)33(28,29)26-11-5-3-4-6-12-26/h7-10,14-15H,3-6,11-13H2,1-2H3,(H,25,27). The van der Waals surface area contributed by atoms with Gasteiger partial charge in [-0.2, -0.15) is 4.31 Å². The quantitative estimate of drug-likeness (QED) is 0.526. The van der Waals surface area contributed by atoms with Crippen LogP contribution in [0.3, 0.4) is 0 Å². The molecule has 0 atom stereocenters. The van der Waals surface area contributed by atoms with Crippen LogP contribution in [0.1, 0.15) is 37.1 Å². The summed E-state index contributed by atoms with van der Waals surface area (Å²) in [6, 6.07) is 8.27. The summed E-state index contributed by atoms with van der Waals surface area (Å²) < 4.78 is 38.8. The van der Waals surface area contributed by atoms with Crippen molar-refractivity contribution >= 4 is 33.0 Å². The van der Waals surface area contributed by atoms with Gasteiger partial charge in [-0.3, -0.25) is 4.79 Å². The Labute approximate surface area is 197 Å². The van der Waals surface area contributed by atoms with Crippen molar-refractivity contribution in [2.45, 2.75) is 43.9 Å². The van der Waals surface area contributed by atoms with E-state index < -0.39 is 10.0 Å². The molecule has 0 aliphatic carbocycles. The van der Waals surface area contributed by atoms with Gasteiger partial charge in [-0.05, 0) is 50.1 Å². The van der Waals surface area contributed by atoms with Gasteiger partial charge in [0.2, 0.25) is 15.9 Å². The van der Waals surface area contributed by atoms with Crippen molar-refractivity contribution in [1.29, 1.82) is 0 Å². The highest BCUT2D eigenvalue weighted by molar-refractivity contribution is 7.89. The lowest BCUT2D eigenvalue weighted by atomic mass is 10.2. The van der Waals surface area contributed by atoms with E-state index in [9.17, 15) is 13.2 Å². The minimum atomic E-state index is -3.65. The molecular formula is C23H27N3O5S2. The molecule has 0 spiro atoms. The Morgan fingerprint density at radius 2 is 1.94 bits per heavy atom. The van der Waals surface area contributed by atoms with E-state index in [-0.39, 0.29) is 17.2 Å². The maximum atomic E-state index is 13.2. The van der Waals surface area contributed by atoms with Crippen LogP contribution >= 0.6 is 11.3 Å². The third-order valence-corrected chi connectivity index (χ3v) is 8.29. The number of carbonyl (C=O) groups is 1. The lowest BCUT2D eigenvalue weighted by Crippen LogP contribution is -2.32. The van der Waals surface area contributed by atoms with Gasteiger partial charge in [-0.15, -0.1) is 11.3 Å². The molecule has 0 radical (unpaired) electrons. The smallest absolute Gasteiger partial charge is 0.243 e. The molecule has 2 aromatic heterocycles. The van der Waals surface area contributed by atoms with E-state index in [0.717, 1.165) is 31.4 Å². The van der Waals surface area contributed by atoms with Crippen molar-refractivity contribution in [1.82, 2.24) is 9.29 Å². The molecule has 0 unspecified atom stereocenters. The van der Waals surface area contributed by atoms with Gasteiger partial charge in [-0.25, -0.2) is 13.4 Å². The SMILES string of the molecule is COc1ccc(S(=O)(=O)N2CCCCCC2)cc1NC(=O)Cc1csc(-c2ccc(C)o2)n1. The number of benzene rings is 1. The Hall–Kier alpha value is -2.69. The number of nitrogens with zero attached hydrogens (tertiary/aromatic N) is 2. The fourth-order valence-corrected chi connectivity index (χ4v) is 6.11. The average Bonchev–Trinajstić information content (AvgIpc) is 3.33. The summed E-state index contributed by atoms with van der Waals surface area (Å²) in [7, 11) is -2.17. The molecule has 33 heavy (non-hydrogen) atoms. The zero-order valence-electron chi connectivity index (χ0n) is 18.7. The number of methoxy groups -OCH3 is 1. The number of aryl methyl sites for hydroxylation is 1. The highest BCUT2D eigenvalue weighted by Crippen LogP contribution is 2.30. The van der Waals surface area contributed by atoms with Gasteiger partial charge in [0, 0.05) is 18.5 Å². The van der Waals surface area contributed by atoms with E-state index >= 15 is 0 Å². The maximum absolute atomic E-state index is 13.2. The van der Waals surface area contributed by atoms with Gasteiger partial charge >= 0.3 is 0 Å². The molecule has 1 aliphatic rings. The number of anilines is 1. The number of ether oxygens (including phenoxy) is 1. The van der Waals surface area contributed by atoms with Crippen LogP contribution in [0.15, 0.2) is 45.0 Å². The van der Waals surface area contributed by atoms with E-state index in [1.165, 1.54) is 34.9 Å². The lowest BCUT2D eigenvalue weighted by Gasteiger charge is -2.21. The number of amides is 1. The molecule has 1 fully saturated rings. The van der Waals surface area contributed by atoms with Crippen LogP contribution in [0.5, 0.6) is 5.75 Å². The predicted molar refractivity (Wildman–Crippen MR) is 127 cm³/mol. The number of hydrogen-bond acceptors (Lipinski definition) is 7. The minimum Gasteiger partial charge on any atom is -0.495 e. The number of hydrogen-bond donors (Lipinski definition) is 1. The molecule has 1 aliphatic heterocycles. The normalized spacial score (nSPS) is 15.2. The average molecular weight is 490 g/mol. The van der Waals surface area contributed by atoms with Crippen molar-refractivity contribution < 1.29 is 22.4 Å². The first-order valence-electron chi connectivity index (χ1n) is 10.9. The zero-order chi connectivity index (χ0) is 23.4. The third kappa shape index (κ3) is 5.45. The van der Waals surface area contributed by atoms with Crippen molar-refractivity contribution in [2.75, 3.05) is 25.5 Å². The van der Waals surface area contributed by atoms with Crippen molar-refractivity contribution in [3.05, 3.63) is 47.2 Å². The van der Waals surface area contributed by atoms with Crippen LogP contribution < -0.4 is 10.1 Å². The zero-order valence-corrected chi connectivity index (χ0v) is 20.3. The fourth-order valence-electron chi connectivity index (χ4n) is 3.79. The molecule has 0 saturated carbocycles. The van der Waals surface area contributed by atoms with E-state index in [2.05, 4.69) is 10.3 Å². The lowest BCUT2D eigenvalue weighted by molar-refractivity contribution is -0.115. The van der Waals surface area contributed by atoms with E-state index in [0.29, 0.717) is 41.0 Å². The first-order valence-corrected chi connectivity index (χ1v) is 13.2. The summed E-state index contributed by atoms with van der Waals surface area (Å²) in [5, 5.41) is 5.30. The summed E-state index contributed by atoms with van der Waals surface area (Å²) in [4.78, 5) is 17.3. The van der Waals surface area contributed by atoms with Crippen LogP contribution in [-0.2, 0) is 21.2 Å². The van der Waals surface area contributed by atoms with Crippen molar-refractivity contribution in [3.8, 4) is 16.5 Å². The molecule has 8 nitrogen and oxygen atoms in total. The molecule has 3 heterocycles. The Kier molecular flexibility index (Phi) is 7.16. The third-order valence-electron chi connectivity index (χ3n) is 5.49. The van der Waals surface area contributed by atoms with Gasteiger partial charge in [0.25, 0.3) is 0 Å². The second kappa shape index (κ2) is 10.1. The summed E-state index contributed by atoms with van der Waals surface area (Å²) in [5.74, 6) is 1.53. The first-order chi connectivity index (χ1) is 15.9. The Bertz CT molecular complexity index is 1220. The van der Waals surface area contributed by atoms with Crippen molar-refractivity contribution in [2.24, 2.45) is 0 Å². The number of sulfonamides is 1. The molecule has 176 valence electrons. The molecule has 10 heteroatoms. The molecule has 0 bridgehead atoms. The molecule has 3 aromatic rings. The first kappa shape index (κ1) is 23.5. The molecule has 1 amide bonds. The second-order valence-corrected chi connectivity index (χ2v) is 10.8. The van der Waals surface area contributed by atoms with Gasteiger partial charge in [0.05, 0.1) is 29.8 Å². The number of nitrogens with one attached hydrogen (secondary N) is 1. The van der Waals surface area contributed by atoms with Crippen LogP contribution in [0.2, 0.25) is 0 Å². The van der Waals surface area contributed by atoms with E-state index in [1.54, 1.807) is 6.07 Å². The summed E-state index contributed by atoms with van der Waals surface area (Å²) in [6.07, 6.45) is 3.82. The topological polar surface area (TPSA) is 102 Å². The van der Waals surface area contributed by atoms with Gasteiger partial charge in [0.1, 0.15) is 11.5 Å². The van der Waals surface area contributed by atoms with Crippen LogP contribution in [0, 0.1) is 6.92 Å². The summed E-state index contributed by atoms with van der Waals surface area (Å²) in [6.45, 7) is 2.88. The molecule has 1 saturated heterocycles. The Morgan fingerprint density at radius 1 is 1.18 bits per heavy atom. The highest BCUT2D eigenvalue weighted by Gasteiger charge is 2.26. The van der Waals surface area contributed by atoms with Crippen LogP contribution in [0.25, 0.3) is 10.8 Å². The number of furan rings is 1. The molecule has 4 rings (SSSR count). The maximum Gasteiger partial charge on any atom is 0.243 e. The van der Waals surface area contributed by atoms with Crippen molar-refractivity contribution in [3.63, 3.8) is 0 Å². The van der Waals surface area contributed by atoms with Gasteiger partial charge in [-0.1, -0.05) is 12.8 Å². The largest absolute Gasteiger partial charge is 0.495 e. The Balaban J connectivity index is 1.50. The molecule has 1 N–H and O–H groups in total. The number of carbonyl (C=O) groups excluding carboxylic acids is 1. The van der Waals surface area contributed by atoms with Gasteiger partial charge < -0.3 is 14.5 Å². The monoisotopic (exact) mass is 489 g/mol. The highest BCUT2D eigenvalue weighted by atomic mass is 32.2.